The summed E-state index contributed by atoms with van der Waals surface area (Å²) >= 11 is 0. The zero-order valence-electron chi connectivity index (χ0n) is 9.45. The molecular weight excluding hydrogens is 229 g/mol. The Labute approximate surface area is 97.7 Å². The fourth-order valence-electron chi connectivity index (χ4n) is 1.17. The molecule has 0 aromatic heterocycles. The van der Waals surface area contributed by atoms with Crippen molar-refractivity contribution >= 4 is 27.1 Å². The van der Waals surface area contributed by atoms with Crippen LogP contribution in [0.15, 0.2) is 12.1 Å². The van der Waals surface area contributed by atoms with Gasteiger partial charge in [-0.15, -0.1) is 0 Å². The highest BCUT2D eigenvalue weighted by molar-refractivity contribution is 6.92. The van der Waals surface area contributed by atoms with Crippen LogP contribution in [-0.2, 0) is 0 Å². The summed E-state index contributed by atoms with van der Waals surface area (Å²) in [6, 6.07) is 3.62. The molecule has 3 nitrogen and oxygen atoms in total. The van der Waals surface area contributed by atoms with Crippen LogP contribution in [0.3, 0.4) is 0 Å². The summed E-state index contributed by atoms with van der Waals surface area (Å²) in [5, 5.41) is 17.2. The summed E-state index contributed by atoms with van der Waals surface area (Å²) in [7, 11) is -1.75. The lowest BCUT2D eigenvalue weighted by atomic mass is 10.0. The Bertz CT molecular complexity index is 318. The molecule has 0 spiro atoms. The second-order valence-corrected chi connectivity index (χ2v) is 3.07. The summed E-state index contributed by atoms with van der Waals surface area (Å²) in [4.78, 5) is 0. The molecule has 0 heterocycles. The van der Waals surface area contributed by atoms with E-state index in [-0.39, 0.29) is 19.8 Å². The molecule has 2 N–H and O–H groups in total. The molecule has 0 fully saturated rings. The molecule has 0 radical (unpaired) electrons. The maximum Gasteiger partial charge on any atom is 0.707 e. The third-order valence-corrected chi connectivity index (χ3v) is 2.24. The molecule has 15 heavy (non-hydrogen) atoms. The molecule has 0 saturated carbocycles. The fourth-order valence-corrected chi connectivity index (χ4v) is 1.17. The second-order valence-electron chi connectivity index (χ2n) is 3.07. The highest BCUT2D eigenvalue weighted by Crippen LogP contribution is 2.23. The Balaban J connectivity index is 0. The molecule has 0 aliphatic heterocycles. The maximum atomic E-state index is 8.62. The summed E-state index contributed by atoms with van der Waals surface area (Å²) in [5.41, 5.74) is 3.21. The van der Waals surface area contributed by atoms with Gasteiger partial charge in [-0.1, -0.05) is 6.07 Å². The highest BCUT2D eigenvalue weighted by Gasteiger charge is 2.13. The number of hydrogen-bond acceptors (Lipinski definition) is 3. The normalized spacial score (nSPS) is 8.60. The Morgan fingerprint density at radius 1 is 1.00 bits per heavy atom. The molecule has 86 valence electrons. The Morgan fingerprint density at radius 2 is 1.53 bits per heavy atom. The Morgan fingerprint density at radius 3 is 2.00 bits per heavy atom. The van der Waals surface area contributed by atoms with Crippen molar-refractivity contribution < 1.29 is 14.7 Å². The van der Waals surface area contributed by atoms with Crippen molar-refractivity contribution in [3.63, 3.8) is 0 Å². The summed E-state index contributed by atoms with van der Waals surface area (Å²) in [5.74, 6) is 0.512. The lowest BCUT2D eigenvalue weighted by Gasteiger charge is -2.11. The van der Waals surface area contributed by atoms with Gasteiger partial charge in [-0.2, -0.15) is 19.8 Å². The first-order valence-corrected chi connectivity index (χ1v) is 4.12. The lowest BCUT2D eigenvalue weighted by Crippen LogP contribution is -2.21. The quantitative estimate of drug-likeness (QED) is 0.608. The van der Waals surface area contributed by atoms with Crippen molar-refractivity contribution in [3.8, 4) is 5.75 Å². The topological polar surface area (TPSA) is 49.7 Å². The van der Waals surface area contributed by atoms with Gasteiger partial charge in [0.2, 0.25) is 0 Å². The van der Waals surface area contributed by atoms with Gasteiger partial charge < -0.3 is 14.7 Å². The zero-order chi connectivity index (χ0) is 10.0. The van der Waals surface area contributed by atoms with E-state index >= 15 is 0 Å². The molecule has 0 bridgehead atoms. The van der Waals surface area contributed by atoms with E-state index in [0.29, 0.717) is 5.75 Å². The van der Waals surface area contributed by atoms with Crippen LogP contribution in [0.4, 0.5) is 0 Å². The van der Waals surface area contributed by atoms with Crippen molar-refractivity contribution in [2.75, 3.05) is 0 Å². The number of benzene rings is 1. The van der Waals surface area contributed by atoms with Crippen LogP contribution in [-0.4, -0.2) is 17.4 Å². The van der Waals surface area contributed by atoms with E-state index in [0.717, 1.165) is 16.7 Å². The number of aryl methyl sites for hydroxylation is 1. The molecule has 1 rings (SSSR count). The second kappa shape index (κ2) is 7.19. The minimum Gasteiger partial charge on any atom is -0.512 e. The highest BCUT2D eigenvalue weighted by atomic mass is 31.0. The summed E-state index contributed by atoms with van der Waals surface area (Å²) in [6.45, 7) is 5.86. The predicted molar refractivity (Wildman–Crippen MR) is 73.7 cm³/mol. The molecular formula is C9H19BO3P2. The van der Waals surface area contributed by atoms with Crippen molar-refractivity contribution in [2.24, 2.45) is 0 Å². The number of hydrogen-bond donors (Lipinski definition) is 2. The minimum absolute atomic E-state index is 0. The van der Waals surface area contributed by atoms with Crippen LogP contribution in [0, 0.1) is 20.8 Å². The van der Waals surface area contributed by atoms with E-state index in [1.807, 2.05) is 26.8 Å². The van der Waals surface area contributed by atoms with Crippen LogP contribution in [0.5, 0.6) is 5.75 Å². The SMILES string of the molecule is Cc1ccc(OB(O)O)c(C)c1C.P.P. The van der Waals surface area contributed by atoms with Crippen LogP contribution in [0.25, 0.3) is 0 Å². The van der Waals surface area contributed by atoms with Crippen molar-refractivity contribution in [1.29, 1.82) is 0 Å². The van der Waals surface area contributed by atoms with Crippen molar-refractivity contribution in [2.45, 2.75) is 20.8 Å². The molecule has 6 heteroatoms. The first-order chi connectivity index (χ1) is 6.02. The monoisotopic (exact) mass is 248 g/mol. The fraction of sp³-hybridized carbons (Fsp3) is 0.333. The Hall–Kier alpha value is -0.135. The number of rotatable bonds is 2. The van der Waals surface area contributed by atoms with Crippen LogP contribution in [0.1, 0.15) is 16.7 Å². The average Bonchev–Trinajstić information content (AvgIpc) is 2.06. The minimum atomic E-state index is -1.75. The van der Waals surface area contributed by atoms with E-state index in [4.69, 9.17) is 14.7 Å². The van der Waals surface area contributed by atoms with Gasteiger partial charge in [0.05, 0.1) is 0 Å². The summed E-state index contributed by atoms with van der Waals surface area (Å²) in [6.07, 6.45) is 0. The van der Waals surface area contributed by atoms with E-state index in [2.05, 4.69) is 0 Å². The molecule has 0 aliphatic rings. The van der Waals surface area contributed by atoms with Crippen LogP contribution >= 0.6 is 19.8 Å². The summed E-state index contributed by atoms with van der Waals surface area (Å²) < 4.78 is 4.79. The largest absolute Gasteiger partial charge is 0.707 e. The molecule has 0 aliphatic carbocycles. The molecule has 2 unspecified atom stereocenters. The predicted octanol–water partition coefficient (Wildman–Crippen LogP) is 1.08. The molecule has 2 atom stereocenters. The molecule has 1 aromatic carbocycles. The lowest BCUT2D eigenvalue weighted by molar-refractivity contribution is 0.287. The van der Waals surface area contributed by atoms with Gasteiger partial charge in [0, 0.05) is 0 Å². The van der Waals surface area contributed by atoms with Gasteiger partial charge in [-0.25, -0.2) is 0 Å². The first-order valence-electron chi connectivity index (χ1n) is 4.12. The smallest absolute Gasteiger partial charge is 0.512 e. The molecule has 0 saturated heterocycles. The van der Waals surface area contributed by atoms with Crippen LogP contribution in [0.2, 0.25) is 0 Å². The standard InChI is InChI=1S/C9H13BO3.2H3P/c1-6-4-5-9(13-10(11)12)8(3)7(6)2;;/h4-5,11-12H,1-3H3;2*1H3. The average molecular weight is 248 g/mol. The third-order valence-electron chi connectivity index (χ3n) is 2.24. The first kappa shape index (κ1) is 17.3. The van der Waals surface area contributed by atoms with Gasteiger partial charge >= 0.3 is 7.32 Å². The van der Waals surface area contributed by atoms with Crippen molar-refractivity contribution in [1.82, 2.24) is 0 Å². The zero-order valence-corrected chi connectivity index (χ0v) is 12.3. The van der Waals surface area contributed by atoms with Crippen LogP contribution < -0.4 is 4.65 Å². The van der Waals surface area contributed by atoms with Gasteiger partial charge in [-0.3, -0.25) is 0 Å². The van der Waals surface area contributed by atoms with Gasteiger partial charge in [-0.05, 0) is 43.5 Å². The van der Waals surface area contributed by atoms with E-state index in [9.17, 15) is 0 Å². The van der Waals surface area contributed by atoms with Crippen molar-refractivity contribution in [3.05, 3.63) is 28.8 Å². The van der Waals surface area contributed by atoms with E-state index < -0.39 is 7.32 Å². The van der Waals surface area contributed by atoms with Gasteiger partial charge in [0.15, 0.2) is 0 Å². The third kappa shape index (κ3) is 4.48. The maximum absolute atomic E-state index is 8.62. The molecule has 0 amide bonds. The van der Waals surface area contributed by atoms with Gasteiger partial charge in [0.25, 0.3) is 0 Å². The Kier molecular flexibility index (Phi) is 8.28. The molecule has 1 aromatic rings. The van der Waals surface area contributed by atoms with E-state index in [1.54, 1.807) is 6.07 Å². The van der Waals surface area contributed by atoms with Gasteiger partial charge in [0.1, 0.15) is 5.75 Å². The van der Waals surface area contributed by atoms with E-state index in [1.165, 1.54) is 0 Å².